The Kier molecular flexibility index (Phi) is 7.07. The van der Waals surface area contributed by atoms with Crippen molar-refractivity contribution in [3.05, 3.63) is 0 Å². The van der Waals surface area contributed by atoms with E-state index in [1.165, 1.54) is 13.5 Å². The maximum absolute atomic E-state index is 12.1. The number of carboxylic acid groups (broad SMARTS) is 2. The summed E-state index contributed by atoms with van der Waals surface area (Å²) in [6.45, 7) is 6.75. The van der Waals surface area contributed by atoms with Crippen LogP contribution in [-0.4, -0.2) is 35.2 Å². The van der Waals surface area contributed by atoms with Crippen LogP contribution in [0.1, 0.15) is 85.0 Å². The molecule has 0 aromatic carbocycles. The Morgan fingerprint density at radius 2 is 1.71 bits per heavy atom. The summed E-state index contributed by atoms with van der Waals surface area (Å²) in [5.74, 6) is 0.162. The molecule has 0 spiro atoms. The predicted molar refractivity (Wildman–Crippen MR) is 116 cm³/mol. The van der Waals surface area contributed by atoms with E-state index in [1.54, 1.807) is 0 Å². The lowest BCUT2D eigenvalue weighted by Gasteiger charge is -2.58. The number of rotatable bonds is 8. The summed E-state index contributed by atoms with van der Waals surface area (Å²) in [4.78, 5) is 35.0. The molecule has 3 fully saturated rings. The number of ether oxygens (including phenoxy) is 1. The summed E-state index contributed by atoms with van der Waals surface area (Å²) in [7, 11) is 1.44. The van der Waals surface area contributed by atoms with Crippen LogP contribution in [0.2, 0.25) is 0 Å². The molecule has 31 heavy (non-hydrogen) atoms. The van der Waals surface area contributed by atoms with Crippen molar-refractivity contribution in [1.29, 1.82) is 0 Å². The first-order valence-corrected chi connectivity index (χ1v) is 12.1. The van der Waals surface area contributed by atoms with Gasteiger partial charge < -0.3 is 14.9 Å². The van der Waals surface area contributed by atoms with Gasteiger partial charge >= 0.3 is 17.9 Å². The van der Waals surface area contributed by atoms with Gasteiger partial charge in [-0.1, -0.05) is 20.8 Å². The van der Waals surface area contributed by atoms with Gasteiger partial charge in [-0.25, -0.2) is 0 Å². The Balaban J connectivity index is 1.80. The summed E-state index contributed by atoms with van der Waals surface area (Å²) in [6, 6.07) is 0. The zero-order valence-electron chi connectivity index (χ0n) is 19.6. The molecule has 3 aliphatic carbocycles. The van der Waals surface area contributed by atoms with E-state index in [9.17, 15) is 24.6 Å². The van der Waals surface area contributed by atoms with Crippen molar-refractivity contribution in [3.63, 3.8) is 0 Å². The second-order valence-electron chi connectivity index (χ2n) is 11.1. The minimum absolute atomic E-state index is 0.0403. The molecule has 8 atom stereocenters. The van der Waals surface area contributed by atoms with E-state index in [1.807, 2.05) is 0 Å². The van der Waals surface area contributed by atoms with Crippen molar-refractivity contribution >= 4 is 17.9 Å². The van der Waals surface area contributed by atoms with Crippen LogP contribution < -0.4 is 0 Å². The fourth-order valence-electron chi connectivity index (χ4n) is 8.22. The predicted octanol–water partition coefficient (Wildman–Crippen LogP) is 5.00. The molecule has 0 aromatic rings. The van der Waals surface area contributed by atoms with Crippen molar-refractivity contribution in [2.75, 3.05) is 7.11 Å². The molecule has 6 nitrogen and oxygen atoms in total. The Hall–Kier alpha value is -1.59. The van der Waals surface area contributed by atoms with Crippen LogP contribution in [0.5, 0.6) is 0 Å². The lowest BCUT2D eigenvalue weighted by molar-refractivity contribution is -0.163. The number of esters is 1. The fraction of sp³-hybridized carbons (Fsp3) is 0.880. The number of aliphatic carboxylic acids is 2. The van der Waals surface area contributed by atoms with E-state index >= 15 is 0 Å². The fourth-order valence-corrected chi connectivity index (χ4v) is 8.22. The monoisotopic (exact) mass is 436 g/mol. The molecule has 0 aliphatic heterocycles. The lowest BCUT2D eigenvalue weighted by Crippen LogP contribution is -2.53. The number of hydrogen-bond acceptors (Lipinski definition) is 4. The molecule has 0 radical (unpaired) electrons. The van der Waals surface area contributed by atoms with Gasteiger partial charge in [0, 0.05) is 12.8 Å². The van der Waals surface area contributed by atoms with Crippen molar-refractivity contribution < 1.29 is 29.3 Å². The van der Waals surface area contributed by atoms with E-state index in [4.69, 9.17) is 4.74 Å². The average molecular weight is 437 g/mol. The van der Waals surface area contributed by atoms with Gasteiger partial charge in [0.05, 0.1) is 13.0 Å². The topological polar surface area (TPSA) is 101 Å². The SMILES string of the molecule is COC(=O)CC[C@@H](C)[C@H]1CC[C@H]2[C@@H]3CC[C@H](C(=O)O)[C@](C)(CCC(=O)O)[C@H]3CC[C@]12C. The van der Waals surface area contributed by atoms with Gasteiger partial charge in [0.2, 0.25) is 0 Å². The van der Waals surface area contributed by atoms with Gasteiger partial charge in [0.1, 0.15) is 0 Å². The lowest BCUT2D eigenvalue weighted by atomic mass is 9.46. The van der Waals surface area contributed by atoms with Gasteiger partial charge in [0.15, 0.2) is 0 Å². The largest absolute Gasteiger partial charge is 0.481 e. The van der Waals surface area contributed by atoms with Gasteiger partial charge in [0.25, 0.3) is 0 Å². The summed E-state index contributed by atoms with van der Waals surface area (Å²) in [5, 5.41) is 19.2. The molecule has 2 N–H and O–H groups in total. The minimum atomic E-state index is -0.839. The first-order valence-electron chi connectivity index (χ1n) is 12.1. The maximum Gasteiger partial charge on any atom is 0.307 e. The van der Waals surface area contributed by atoms with Crippen LogP contribution in [0.4, 0.5) is 0 Å². The molecular formula is C25H40O6. The summed E-state index contributed by atoms with van der Waals surface area (Å²) in [5.41, 5.74) is -0.233. The van der Waals surface area contributed by atoms with E-state index < -0.39 is 23.3 Å². The molecule has 176 valence electrons. The van der Waals surface area contributed by atoms with E-state index in [0.717, 1.165) is 32.1 Å². The van der Waals surface area contributed by atoms with E-state index in [0.29, 0.717) is 42.9 Å². The molecule has 3 aliphatic rings. The summed E-state index contributed by atoms with van der Waals surface area (Å²) < 4.78 is 4.83. The standard InChI is InChI=1S/C25H40O6/c1-15(5-10-22(28)31-4)17-8-9-18-16-6-7-20(23(29)30)25(3,14-12-21(26)27)19(16)11-13-24(17,18)2/h15-20H,5-14H2,1-4H3,(H,26,27)(H,29,30)/t15-,16+,17-,18+,19+,20-,24-,25-/m1/s1. The number of hydrogen-bond donors (Lipinski definition) is 2. The molecule has 0 saturated heterocycles. The zero-order chi connectivity index (χ0) is 23.0. The third-order valence-corrected chi connectivity index (χ3v) is 9.84. The quantitative estimate of drug-likeness (QED) is 0.519. The summed E-state index contributed by atoms with van der Waals surface area (Å²) >= 11 is 0. The van der Waals surface area contributed by atoms with Gasteiger partial charge in [-0.2, -0.15) is 0 Å². The third kappa shape index (κ3) is 4.36. The van der Waals surface area contributed by atoms with Crippen LogP contribution >= 0.6 is 0 Å². The normalized spacial score (nSPS) is 40.5. The zero-order valence-corrected chi connectivity index (χ0v) is 19.6. The second kappa shape index (κ2) is 9.11. The number of fused-ring (bicyclic) bond motifs is 3. The van der Waals surface area contributed by atoms with Crippen molar-refractivity contribution in [2.24, 2.45) is 46.3 Å². The molecule has 3 rings (SSSR count). The molecule has 0 unspecified atom stereocenters. The Bertz CT molecular complexity index is 704. The molecule has 0 aromatic heterocycles. The smallest absolute Gasteiger partial charge is 0.307 e. The minimum Gasteiger partial charge on any atom is -0.481 e. The highest BCUT2D eigenvalue weighted by Crippen LogP contribution is 2.67. The molecule has 6 heteroatoms. The average Bonchev–Trinajstić information content (AvgIpc) is 3.07. The van der Waals surface area contributed by atoms with Crippen molar-refractivity contribution in [3.8, 4) is 0 Å². The van der Waals surface area contributed by atoms with Gasteiger partial charge in [-0.3, -0.25) is 14.4 Å². The summed E-state index contributed by atoms with van der Waals surface area (Å²) in [6.07, 6.45) is 7.79. The Morgan fingerprint density at radius 1 is 1.00 bits per heavy atom. The van der Waals surface area contributed by atoms with E-state index in [2.05, 4.69) is 20.8 Å². The van der Waals surface area contributed by atoms with Crippen molar-refractivity contribution in [1.82, 2.24) is 0 Å². The third-order valence-electron chi connectivity index (χ3n) is 9.84. The first-order chi connectivity index (χ1) is 14.5. The van der Waals surface area contributed by atoms with Crippen LogP contribution in [0.15, 0.2) is 0 Å². The second-order valence-corrected chi connectivity index (χ2v) is 11.1. The molecule has 0 heterocycles. The van der Waals surface area contributed by atoms with Gasteiger partial charge in [-0.15, -0.1) is 0 Å². The molecule has 0 amide bonds. The van der Waals surface area contributed by atoms with E-state index in [-0.39, 0.29) is 23.7 Å². The molecule has 0 bridgehead atoms. The van der Waals surface area contributed by atoms with Crippen molar-refractivity contribution in [2.45, 2.75) is 85.0 Å². The van der Waals surface area contributed by atoms with Gasteiger partial charge in [-0.05, 0) is 91.8 Å². The maximum atomic E-state index is 12.1. The molecular weight excluding hydrogens is 396 g/mol. The first kappa shape index (κ1) is 24.1. The Morgan fingerprint density at radius 3 is 2.32 bits per heavy atom. The highest BCUT2D eigenvalue weighted by atomic mass is 16.5. The van der Waals surface area contributed by atoms with Crippen LogP contribution in [0, 0.1) is 46.3 Å². The Labute approximate surface area is 186 Å². The number of carbonyl (C=O) groups is 3. The number of carbonyl (C=O) groups excluding carboxylic acids is 1. The van der Waals surface area contributed by atoms with Crippen LogP contribution in [-0.2, 0) is 19.1 Å². The van der Waals surface area contributed by atoms with Crippen LogP contribution in [0.25, 0.3) is 0 Å². The van der Waals surface area contributed by atoms with Crippen LogP contribution in [0.3, 0.4) is 0 Å². The number of carboxylic acids is 2. The highest BCUT2D eigenvalue weighted by molar-refractivity contribution is 5.72. The number of methoxy groups -OCH3 is 1. The highest BCUT2D eigenvalue weighted by Gasteiger charge is 2.60. The molecule has 3 saturated carbocycles.